The van der Waals surface area contributed by atoms with E-state index in [0.29, 0.717) is 12.3 Å². The summed E-state index contributed by atoms with van der Waals surface area (Å²) in [4.78, 5) is 23.4. The first-order valence-electron chi connectivity index (χ1n) is 6.07. The second-order valence-corrected chi connectivity index (χ2v) is 5.07. The van der Waals surface area contributed by atoms with E-state index < -0.39 is 12.1 Å². The highest BCUT2D eigenvalue weighted by molar-refractivity contribution is 5.89. The van der Waals surface area contributed by atoms with Gasteiger partial charge in [-0.2, -0.15) is 0 Å². The summed E-state index contributed by atoms with van der Waals surface area (Å²) in [5.41, 5.74) is 5.74. The standard InChI is InChI=1S/C12H25N3O2/c1-7(2)6-9(11(16)14-5)15-12(17)10(13)8(3)4/h7-10H,6,13H2,1-5H3,(H,14,16)(H,15,17)/t9?,10-/m0/s1. The van der Waals surface area contributed by atoms with E-state index in [4.69, 9.17) is 5.73 Å². The molecule has 17 heavy (non-hydrogen) atoms. The first-order valence-corrected chi connectivity index (χ1v) is 6.07. The number of amides is 2. The molecule has 0 aliphatic rings. The molecule has 5 nitrogen and oxygen atoms in total. The zero-order chi connectivity index (χ0) is 13.6. The summed E-state index contributed by atoms with van der Waals surface area (Å²) in [6.45, 7) is 7.76. The molecule has 0 fully saturated rings. The van der Waals surface area contributed by atoms with Gasteiger partial charge in [-0.1, -0.05) is 27.7 Å². The lowest BCUT2D eigenvalue weighted by molar-refractivity contribution is -0.130. The van der Waals surface area contributed by atoms with Crippen LogP contribution in [0.4, 0.5) is 0 Å². The van der Waals surface area contributed by atoms with Crippen LogP contribution in [-0.4, -0.2) is 30.9 Å². The monoisotopic (exact) mass is 243 g/mol. The molecule has 1 unspecified atom stereocenters. The van der Waals surface area contributed by atoms with Crippen molar-refractivity contribution in [3.63, 3.8) is 0 Å². The Morgan fingerprint density at radius 1 is 1.12 bits per heavy atom. The van der Waals surface area contributed by atoms with Crippen LogP contribution in [-0.2, 0) is 9.59 Å². The molecule has 0 aliphatic heterocycles. The number of nitrogens with one attached hydrogen (secondary N) is 2. The number of nitrogens with two attached hydrogens (primary N) is 1. The first kappa shape index (κ1) is 15.9. The summed E-state index contributed by atoms with van der Waals surface area (Å²) in [6, 6.07) is -1.08. The average Bonchev–Trinajstić information content (AvgIpc) is 2.24. The van der Waals surface area contributed by atoms with Gasteiger partial charge < -0.3 is 16.4 Å². The zero-order valence-corrected chi connectivity index (χ0v) is 11.4. The minimum Gasteiger partial charge on any atom is -0.357 e. The lowest BCUT2D eigenvalue weighted by atomic mass is 10.0. The number of likely N-dealkylation sites (N-methyl/N-ethyl adjacent to an activating group) is 1. The average molecular weight is 243 g/mol. The summed E-state index contributed by atoms with van der Waals surface area (Å²) >= 11 is 0. The molecular formula is C12H25N3O2. The van der Waals surface area contributed by atoms with Gasteiger partial charge >= 0.3 is 0 Å². The molecule has 2 amide bonds. The highest BCUT2D eigenvalue weighted by Crippen LogP contribution is 2.06. The fraction of sp³-hybridized carbons (Fsp3) is 0.833. The van der Waals surface area contributed by atoms with Crippen LogP contribution < -0.4 is 16.4 Å². The van der Waals surface area contributed by atoms with Gasteiger partial charge in [0.2, 0.25) is 11.8 Å². The fourth-order valence-corrected chi connectivity index (χ4v) is 1.45. The van der Waals surface area contributed by atoms with Crippen molar-refractivity contribution in [3.8, 4) is 0 Å². The van der Waals surface area contributed by atoms with Crippen LogP contribution in [0, 0.1) is 11.8 Å². The van der Waals surface area contributed by atoms with Crippen molar-refractivity contribution in [1.82, 2.24) is 10.6 Å². The second-order valence-electron chi connectivity index (χ2n) is 5.07. The predicted molar refractivity (Wildman–Crippen MR) is 68.3 cm³/mol. The third-order valence-corrected chi connectivity index (χ3v) is 2.61. The van der Waals surface area contributed by atoms with E-state index >= 15 is 0 Å². The van der Waals surface area contributed by atoms with Crippen LogP contribution in [0.5, 0.6) is 0 Å². The molecular weight excluding hydrogens is 218 g/mol. The van der Waals surface area contributed by atoms with Gasteiger partial charge in [-0.15, -0.1) is 0 Å². The second kappa shape index (κ2) is 7.27. The SMILES string of the molecule is CNC(=O)C(CC(C)C)NC(=O)[C@@H](N)C(C)C. The van der Waals surface area contributed by atoms with Crippen LogP contribution in [0.3, 0.4) is 0 Å². The lowest BCUT2D eigenvalue weighted by Gasteiger charge is -2.22. The van der Waals surface area contributed by atoms with Crippen LogP contribution in [0.1, 0.15) is 34.1 Å². The van der Waals surface area contributed by atoms with Crippen molar-refractivity contribution >= 4 is 11.8 Å². The molecule has 0 saturated carbocycles. The van der Waals surface area contributed by atoms with Crippen molar-refractivity contribution in [2.24, 2.45) is 17.6 Å². The van der Waals surface area contributed by atoms with Gasteiger partial charge in [-0.05, 0) is 18.3 Å². The van der Waals surface area contributed by atoms with Crippen LogP contribution in [0.2, 0.25) is 0 Å². The zero-order valence-electron chi connectivity index (χ0n) is 11.4. The Hall–Kier alpha value is -1.10. The minimum atomic E-state index is -0.575. The van der Waals surface area contributed by atoms with Crippen molar-refractivity contribution in [3.05, 3.63) is 0 Å². The van der Waals surface area contributed by atoms with Crippen molar-refractivity contribution in [2.75, 3.05) is 7.05 Å². The third kappa shape index (κ3) is 5.68. The van der Waals surface area contributed by atoms with Crippen molar-refractivity contribution in [2.45, 2.75) is 46.2 Å². The van der Waals surface area contributed by atoms with Gasteiger partial charge in [-0.25, -0.2) is 0 Å². The van der Waals surface area contributed by atoms with Crippen LogP contribution in [0.15, 0.2) is 0 Å². The van der Waals surface area contributed by atoms with Gasteiger partial charge in [0.25, 0.3) is 0 Å². The summed E-state index contributed by atoms with van der Waals surface area (Å²) in [7, 11) is 1.56. The number of rotatable bonds is 6. The number of carbonyl (C=O) groups excluding carboxylic acids is 2. The van der Waals surface area contributed by atoms with E-state index in [1.165, 1.54) is 0 Å². The topological polar surface area (TPSA) is 84.2 Å². The predicted octanol–water partition coefficient (Wildman–Crippen LogP) is 0.247. The molecule has 0 aromatic carbocycles. The molecule has 0 aliphatic carbocycles. The third-order valence-electron chi connectivity index (χ3n) is 2.61. The van der Waals surface area contributed by atoms with Gasteiger partial charge in [0.15, 0.2) is 0 Å². The maximum absolute atomic E-state index is 11.8. The van der Waals surface area contributed by atoms with Gasteiger partial charge in [0, 0.05) is 7.05 Å². The number of carbonyl (C=O) groups is 2. The van der Waals surface area contributed by atoms with Crippen molar-refractivity contribution < 1.29 is 9.59 Å². The summed E-state index contributed by atoms with van der Waals surface area (Å²) in [5.74, 6) is -0.0653. The molecule has 0 saturated heterocycles. The molecule has 0 bridgehead atoms. The van der Waals surface area contributed by atoms with Gasteiger partial charge in [-0.3, -0.25) is 9.59 Å². The number of hydrogen-bond acceptors (Lipinski definition) is 3. The van der Waals surface area contributed by atoms with Gasteiger partial charge in [0.1, 0.15) is 6.04 Å². The Bertz CT molecular complexity index is 264. The highest BCUT2D eigenvalue weighted by Gasteiger charge is 2.24. The molecule has 0 heterocycles. The Labute approximate surface area is 104 Å². The minimum absolute atomic E-state index is 0.0550. The van der Waals surface area contributed by atoms with Crippen molar-refractivity contribution in [1.29, 1.82) is 0 Å². The summed E-state index contributed by atoms with van der Waals surface area (Å²) in [6.07, 6.45) is 0.607. The Balaban J connectivity index is 4.53. The molecule has 0 spiro atoms. The Kier molecular flexibility index (Phi) is 6.80. The van der Waals surface area contributed by atoms with E-state index in [1.54, 1.807) is 7.05 Å². The van der Waals surface area contributed by atoms with Crippen LogP contribution in [0.25, 0.3) is 0 Å². The molecule has 0 aromatic heterocycles. The maximum atomic E-state index is 11.8. The molecule has 2 atom stereocenters. The number of hydrogen-bond donors (Lipinski definition) is 3. The molecule has 5 heteroatoms. The maximum Gasteiger partial charge on any atom is 0.242 e. The summed E-state index contributed by atoms with van der Waals surface area (Å²) in [5, 5.41) is 5.25. The van der Waals surface area contributed by atoms with E-state index in [0.717, 1.165) is 0 Å². The first-order chi connectivity index (χ1) is 7.79. The molecule has 100 valence electrons. The van der Waals surface area contributed by atoms with E-state index in [1.807, 2.05) is 27.7 Å². The molecule has 0 rings (SSSR count). The Morgan fingerprint density at radius 2 is 1.65 bits per heavy atom. The molecule has 0 radical (unpaired) electrons. The van der Waals surface area contributed by atoms with E-state index in [2.05, 4.69) is 10.6 Å². The van der Waals surface area contributed by atoms with E-state index in [9.17, 15) is 9.59 Å². The highest BCUT2D eigenvalue weighted by atomic mass is 16.2. The summed E-state index contributed by atoms with van der Waals surface area (Å²) < 4.78 is 0. The van der Waals surface area contributed by atoms with Crippen LogP contribution >= 0.6 is 0 Å². The van der Waals surface area contributed by atoms with Gasteiger partial charge in [0.05, 0.1) is 6.04 Å². The largest absolute Gasteiger partial charge is 0.357 e. The smallest absolute Gasteiger partial charge is 0.242 e. The lowest BCUT2D eigenvalue weighted by Crippen LogP contribution is -2.52. The quantitative estimate of drug-likeness (QED) is 0.625. The molecule has 4 N–H and O–H groups in total. The fourth-order valence-electron chi connectivity index (χ4n) is 1.45. The van der Waals surface area contributed by atoms with E-state index in [-0.39, 0.29) is 17.7 Å². The molecule has 0 aromatic rings. The normalized spacial score (nSPS) is 14.6. The Morgan fingerprint density at radius 3 is 2.00 bits per heavy atom.